The molecular weight excluding hydrogens is 186 g/mol. The third-order valence-electron chi connectivity index (χ3n) is 1.11. The highest BCUT2D eigenvalue weighted by Crippen LogP contribution is 2.00. The van der Waals surface area contributed by atoms with Crippen molar-refractivity contribution in [1.82, 2.24) is 0 Å². The molecule has 0 fully saturated rings. The minimum atomic E-state index is -2.42. The van der Waals surface area contributed by atoms with Gasteiger partial charge in [-0.3, -0.25) is 9.35 Å². The molecule has 0 aromatic carbocycles. The van der Waals surface area contributed by atoms with Gasteiger partial charge in [-0.1, -0.05) is 0 Å². The highest BCUT2D eigenvalue weighted by Gasteiger charge is 2.17. The zero-order valence-electron chi connectivity index (χ0n) is 6.15. The molecule has 1 unspecified atom stereocenters. The molecule has 11 heavy (non-hydrogen) atoms. The van der Waals surface area contributed by atoms with Crippen LogP contribution in [0.1, 0.15) is 6.42 Å². The average Bonchev–Trinajstić information content (AvgIpc) is 1.98. The number of nitrogens with two attached hydrogens (primary N) is 1. The Labute approximate surface area is 72.2 Å². The molecule has 0 radical (unpaired) electrons. The molecule has 0 heterocycles. The normalized spacial score (nSPS) is 15.9. The minimum absolute atomic E-state index is 0.451. The summed E-state index contributed by atoms with van der Waals surface area (Å²) in [5, 5.41) is -0.793. The molecule has 66 valence electrons. The Bertz CT molecular complexity index is 162. The van der Waals surface area contributed by atoms with Crippen molar-refractivity contribution in [3.8, 4) is 0 Å². The molecular formula is C5H11NO3S2. The van der Waals surface area contributed by atoms with E-state index in [4.69, 9.17) is 10.3 Å². The molecule has 0 aromatic rings. The van der Waals surface area contributed by atoms with Gasteiger partial charge in [0.15, 0.2) is 0 Å². The molecule has 0 aliphatic carbocycles. The van der Waals surface area contributed by atoms with Crippen LogP contribution in [-0.4, -0.2) is 31.9 Å². The lowest BCUT2D eigenvalue weighted by molar-refractivity contribution is -0.113. The van der Waals surface area contributed by atoms with E-state index in [1.165, 1.54) is 0 Å². The average molecular weight is 197 g/mol. The quantitative estimate of drug-likeness (QED) is 0.611. The van der Waals surface area contributed by atoms with E-state index in [-0.39, 0.29) is 0 Å². The van der Waals surface area contributed by atoms with Crippen LogP contribution >= 0.6 is 11.8 Å². The molecule has 2 atom stereocenters. The monoisotopic (exact) mass is 197 g/mol. The number of hydrogen-bond donors (Lipinski definition) is 2. The van der Waals surface area contributed by atoms with Gasteiger partial charge in [0.25, 0.3) is 5.12 Å². The summed E-state index contributed by atoms with van der Waals surface area (Å²) in [6.07, 6.45) is 2.33. The van der Waals surface area contributed by atoms with Crippen LogP contribution in [0, 0.1) is 0 Å². The molecule has 0 saturated heterocycles. The molecule has 6 heteroatoms. The Balaban J connectivity index is 3.73. The van der Waals surface area contributed by atoms with E-state index in [2.05, 4.69) is 0 Å². The van der Waals surface area contributed by atoms with Crippen molar-refractivity contribution in [2.75, 3.05) is 12.0 Å². The van der Waals surface area contributed by atoms with Gasteiger partial charge in [0, 0.05) is 0 Å². The molecule has 0 aliphatic rings. The molecule has 3 N–H and O–H groups in total. The zero-order chi connectivity index (χ0) is 8.85. The second kappa shape index (κ2) is 5.70. The van der Waals surface area contributed by atoms with Crippen molar-refractivity contribution in [1.29, 1.82) is 0 Å². The molecule has 0 spiro atoms. The van der Waals surface area contributed by atoms with Crippen molar-refractivity contribution >= 4 is 28.0 Å². The van der Waals surface area contributed by atoms with E-state index in [0.717, 1.165) is 5.75 Å². The highest BCUT2D eigenvalue weighted by atomic mass is 32.2. The first kappa shape index (κ1) is 11.1. The highest BCUT2D eigenvalue weighted by molar-refractivity contribution is 7.98. The SMILES string of the molecule is CSCC[C@H](N)C(=O)S(=O)O. The van der Waals surface area contributed by atoms with Crippen LogP contribution in [0.25, 0.3) is 0 Å². The molecule has 0 amide bonds. The summed E-state index contributed by atoms with van der Waals surface area (Å²) in [6, 6.07) is -0.798. The summed E-state index contributed by atoms with van der Waals surface area (Å²) >= 11 is -0.871. The van der Waals surface area contributed by atoms with Gasteiger partial charge >= 0.3 is 0 Å². The second-order valence-electron chi connectivity index (χ2n) is 1.96. The van der Waals surface area contributed by atoms with Crippen LogP contribution in [0.3, 0.4) is 0 Å². The Kier molecular flexibility index (Phi) is 5.75. The van der Waals surface area contributed by atoms with Gasteiger partial charge in [-0.25, -0.2) is 4.21 Å². The van der Waals surface area contributed by atoms with E-state index >= 15 is 0 Å². The van der Waals surface area contributed by atoms with Crippen molar-refractivity contribution < 1.29 is 13.6 Å². The molecule has 4 nitrogen and oxygen atoms in total. The maximum atomic E-state index is 10.7. The summed E-state index contributed by atoms with van der Waals surface area (Å²) in [4.78, 5) is 10.7. The predicted octanol–water partition coefficient (Wildman–Crippen LogP) is -0.185. The number of rotatable bonds is 4. The first-order chi connectivity index (χ1) is 5.09. The van der Waals surface area contributed by atoms with Crippen molar-refractivity contribution in [3.05, 3.63) is 0 Å². The largest absolute Gasteiger partial charge is 0.321 e. The fourth-order valence-electron chi connectivity index (χ4n) is 0.492. The van der Waals surface area contributed by atoms with Crippen molar-refractivity contribution in [3.63, 3.8) is 0 Å². The Morgan fingerprint density at radius 3 is 2.73 bits per heavy atom. The summed E-state index contributed by atoms with van der Waals surface area (Å²) in [7, 11) is 0. The molecule has 0 bridgehead atoms. The first-order valence-electron chi connectivity index (χ1n) is 2.98. The standard InChI is InChI=1S/C5H11NO3S2/c1-10-3-2-4(6)5(7)11(8)9/h4H,2-3,6H2,1H3,(H,8,9)/t4-/m0/s1. The van der Waals surface area contributed by atoms with Crippen molar-refractivity contribution in [2.24, 2.45) is 5.73 Å². The van der Waals surface area contributed by atoms with Gasteiger partial charge in [-0.05, 0) is 18.4 Å². The molecule has 0 aliphatic heterocycles. The number of thioether (sulfide) groups is 1. The number of hydrogen-bond acceptors (Lipinski definition) is 4. The lowest BCUT2D eigenvalue weighted by atomic mass is 10.3. The van der Waals surface area contributed by atoms with Crippen LogP contribution in [0.2, 0.25) is 0 Å². The maximum absolute atomic E-state index is 10.7. The third kappa shape index (κ3) is 4.52. The maximum Gasteiger partial charge on any atom is 0.262 e. The Hall–Kier alpha value is 0.0900. The topological polar surface area (TPSA) is 80.4 Å². The summed E-state index contributed by atoms with van der Waals surface area (Å²) in [5.41, 5.74) is 5.29. The van der Waals surface area contributed by atoms with Crippen LogP contribution in [-0.2, 0) is 15.9 Å². The van der Waals surface area contributed by atoms with E-state index in [1.807, 2.05) is 6.26 Å². The predicted molar refractivity (Wildman–Crippen MR) is 46.8 cm³/mol. The first-order valence-corrected chi connectivity index (χ1v) is 5.49. The van der Waals surface area contributed by atoms with Crippen molar-refractivity contribution in [2.45, 2.75) is 12.5 Å². The lowest BCUT2D eigenvalue weighted by Gasteiger charge is -2.04. The second-order valence-corrected chi connectivity index (χ2v) is 3.84. The van der Waals surface area contributed by atoms with Crippen LogP contribution in [0.5, 0.6) is 0 Å². The minimum Gasteiger partial charge on any atom is -0.321 e. The summed E-state index contributed by atoms with van der Waals surface area (Å²) in [5.74, 6) is 0.726. The van der Waals surface area contributed by atoms with Gasteiger partial charge in [-0.2, -0.15) is 11.8 Å². The number of carbonyl (C=O) groups excluding carboxylic acids is 1. The van der Waals surface area contributed by atoms with E-state index in [0.29, 0.717) is 6.42 Å². The van der Waals surface area contributed by atoms with E-state index < -0.39 is 22.2 Å². The Morgan fingerprint density at radius 1 is 1.82 bits per heavy atom. The van der Waals surface area contributed by atoms with Gasteiger partial charge < -0.3 is 5.73 Å². The lowest BCUT2D eigenvalue weighted by Crippen LogP contribution is -2.33. The summed E-state index contributed by atoms with van der Waals surface area (Å²) < 4.78 is 18.5. The van der Waals surface area contributed by atoms with Gasteiger partial charge in [0.2, 0.25) is 11.1 Å². The summed E-state index contributed by atoms with van der Waals surface area (Å²) in [6.45, 7) is 0. The van der Waals surface area contributed by atoms with Crippen LogP contribution < -0.4 is 5.73 Å². The van der Waals surface area contributed by atoms with Crippen LogP contribution in [0.4, 0.5) is 0 Å². The molecule has 0 aromatic heterocycles. The molecule has 0 saturated carbocycles. The van der Waals surface area contributed by atoms with E-state index in [1.54, 1.807) is 11.8 Å². The Morgan fingerprint density at radius 2 is 2.36 bits per heavy atom. The van der Waals surface area contributed by atoms with Gasteiger partial charge in [0.05, 0.1) is 6.04 Å². The van der Waals surface area contributed by atoms with Gasteiger partial charge in [0.1, 0.15) is 0 Å². The number of carbonyl (C=O) groups is 1. The zero-order valence-corrected chi connectivity index (χ0v) is 7.78. The molecule has 0 rings (SSSR count). The fourth-order valence-corrected chi connectivity index (χ4v) is 1.36. The van der Waals surface area contributed by atoms with E-state index in [9.17, 15) is 9.00 Å². The fraction of sp³-hybridized carbons (Fsp3) is 0.800. The third-order valence-corrected chi connectivity index (χ3v) is 2.40. The van der Waals surface area contributed by atoms with Gasteiger partial charge in [-0.15, -0.1) is 0 Å². The smallest absolute Gasteiger partial charge is 0.262 e. The van der Waals surface area contributed by atoms with Crippen LogP contribution in [0.15, 0.2) is 0 Å².